The van der Waals surface area contributed by atoms with E-state index in [0.29, 0.717) is 19.5 Å². The molecule has 1 atom stereocenters. The predicted octanol–water partition coefficient (Wildman–Crippen LogP) is 0.998. The summed E-state index contributed by atoms with van der Waals surface area (Å²) < 4.78 is 37.1. The van der Waals surface area contributed by atoms with E-state index in [2.05, 4.69) is 0 Å². The third kappa shape index (κ3) is 3.60. The van der Waals surface area contributed by atoms with Crippen molar-refractivity contribution in [2.75, 3.05) is 32.7 Å². The van der Waals surface area contributed by atoms with Gasteiger partial charge in [-0.15, -0.1) is 0 Å². The molecule has 1 unspecified atom stereocenters. The minimum atomic E-state index is -4.30. The minimum Gasteiger partial charge on any atom is -0.379 e. The van der Waals surface area contributed by atoms with Crippen LogP contribution in [0.5, 0.6) is 0 Å². The smallest absolute Gasteiger partial charge is 0.379 e. The van der Waals surface area contributed by atoms with Crippen molar-refractivity contribution in [1.82, 2.24) is 9.80 Å². The number of aliphatic hydroxyl groups is 1. The fourth-order valence-electron chi connectivity index (χ4n) is 2.90. The van der Waals surface area contributed by atoms with E-state index in [0.717, 1.165) is 17.7 Å². The molecule has 2 heterocycles. The molecular weight excluding hydrogens is 261 g/mol. The third-order valence-corrected chi connectivity index (χ3v) is 3.74. The lowest BCUT2D eigenvalue weighted by molar-refractivity contribution is -0.171. The summed E-state index contributed by atoms with van der Waals surface area (Å²) in [6, 6.07) is 0. The molecule has 19 heavy (non-hydrogen) atoms. The normalized spacial score (nSPS) is 29.8. The zero-order valence-corrected chi connectivity index (χ0v) is 10.7. The van der Waals surface area contributed by atoms with Crippen molar-refractivity contribution in [1.29, 1.82) is 0 Å². The average molecular weight is 280 g/mol. The monoisotopic (exact) mass is 280 g/mol. The van der Waals surface area contributed by atoms with Gasteiger partial charge in [0.1, 0.15) is 0 Å². The lowest BCUT2D eigenvalue weighted by Gasteiger charge is -2.40. The first-order valence-corrected chi connectivity index (χ1v) is 6.61. The van der Waals surface area contributed by atoms with E-state index in [1.807, 2.05) is 0 Å². The summed E-state index contributed by atoms with van der Waals surface area (Å²) >= 11 is 0. The number of nitrogens with zero attached hydrogens (tertiary/aromatic N) is 2. The predicted molar refractivity (Wildman–Crippen MR) is 62.5 cm³/mol. The molecule has 1 amide bonds. The van der Waals surface area contributed by atoms with E-state index in [1.165, 1.54) is 0 Å². The number of likely N-dealkylation sites (tertiary alicyclic amines) is 2. The maximum atomic E-state index is 12.4. The Labute approximate surface area is 110 Å². The molecule has 2 aliphatic heterocycles. The summed E-state index contributed by atoms with van der Waals surface area (Å²) in [4.78, 5) is 14.9. The Hall–Kier alpha value is -0.820. The SMILES string of the molecule is O=C(N1CCCC1)C1(O)CCCN(CC(F)(F)F)C1. The van der Waals surface area contributed by atoms with E-state index in [1.54, 1.807) is 4.90 Å². The Morgan fingerprint density at radius 1 is 1.16 bits per heavy atom. The summed E-state index contributed by atoms with van der Waals surface area (Å²) in [5.74, 6) is -0.406. The number of β-amino-alcohol motifs (C(OH)–C–C–N with tert-alkyl or cyclic N) is 1. The van der Waals surface area contributed by atoms with Crippen LogP contribution in [0.2, 0.25) is 0 Å². The molecule has 0 spiro atoms. The molecule has 0 aromatic heterocycles. The molecule has 2 fully saturated rings. The zero-order chi connectivity index (χ0) is 14.1. The van der Waals surface area contributed by atoms with Crippen LogP contribution in [0, 0.1) is 0 Å². The van der Waals surface area contributed by atoms with E-state index in [-0.39, 0.29) is 19.5 Å². The van der Waals surface area contributed by atoms with Gasteiger partial charge in [0.15, 0.2) is 5.60 Å². The van der Waals surface area contributed by atoms with Gasteiger partial charge in [-0.25, -0.2) is 0 Å². The van der Waals surface area contributed by atoms with Crippen LogP contribution in [-0.4, -0.2) is 65.3 Å². The first kappa shape index (κ1) is 14.6. The second-order valence-electron chi connectivity index (χ2n) is 5.46. The molecule has 2 saturated heterocycles. The maximum absolute atomic E-state index is 12.4. The first-order chi connectivity index (χ1) is 8.80. The summed E-state index contributed by atoms with van der Waals surface area (Å²) in [5.41, 5.74) is -1.64. The van der Waals surface area contributed by atoms with Crippen LogP contribution in [0.1, 0.15) is 25.7 Å². The van der Waals surface area contributed by atoms with Gasteiger partial charge in [0.05, 0.1) is 6.54 Å². The fraction of sp³-hybridized carbons (Fsp3) is 0.917. The quantitative estimate of drug-likeness (QED) is 0.820. The molecule has 0 aromatic rings. The molecule has 0 saturated carbocycles. The Bertz CT molecular complexity index is 342. The van der Waals surface area contributed by atoms with Gasteiger partial charge in [-0.3, -0.25) is 9.69 Å². The summed E-state index contributed by atoms with van der Waals surface area (Å²) in [6.07, 6.45) is -1.85. The Morgan fingerprint density at radius 2 is 1.79 bits per heavy atom. The molecule has 1 N–H and O–H groups in total. The highest BCUT2D eigenvalue weighted by Gasteiger charge is 2.45. The van der Waals surface area contributed by atoms with E-state index >= 15 is 0 Å². The van der Waals surface area contributed by atoms with Crippen LogP contribution in [0.3, 0.4) is 0 Å². The molecule has 0 aliphatic carbocycles. The molecule has 0 radical (unpaired) electrons. The van der Waals surface area contributed by atoms with Gasteiger partial charge in [0.2, 0.25) is 0 Å². The van der Waals surface area contributed by atoms with Crippen molar-refractivity contribution in [3.63, 3.8) is 0 Å². The van der Waals surface area contributed by atoms with E-state index in [9.17, 15) is 23.1 Å². The van der Waals surface area contributed by atoms with Crippen molar-refractivity contribution in [3.8, 4) is 0 Å². The Balaban J connectivity index is 1.99. The molecule has 0 bridgehead atoms. The van der Waals surface area contributed by atoms with Crippen LogP contribution < -0.4 is 0 Å². The highest BCUT2D eigenvalue weighted by Crippen LogP contribution is 2.27. The van der Waals surface area contributed by atoms with Gasteiger partial charge >= 0.3 is 6.18 Å². The van der Waals surface area contributed by atoms with Gasteiger partial charge in [0.25, 0.3) is 5.91 Å². The van der Waals surface area contributed by atoms with Gasteiger partial charge in [-0.05, 0) is 32.2 Å². The zero-order valence-electron chi connectivity index (χ0n) is 10.7. The fourth-order valence-corrected chi connectivity index (χ4v) is 2.90. The standard InChI is InChI=1S/C12H19F3N2O2/c13-12(14,15)9-16-5-3-4-11(19,8-16)10(18)17-6-1-2-7-17/h19H,1-9H2. The van der Waals surface area contributed by atoms with Gasteiger partial charge < -0.3 is 10.0 Å². The molecule has 2 aliphatic rings. The Kier molecular flexibility index (Phi) is 4.06. The van der Waals surface area contributed by atoms with Gasteiger partial charge in [-0.2, -0.15) is 13.2 Å². The number of rotatable bonds is 2. The number of piperidine rings is 1. The van der Waals surface area contributed by atoms with Gasteiger partial charge in [-0.1, -0.05) is 0 Å². The van der Waals surface area contributed by atoms with E-state index in [4.69, 9.17) is 0 Å². The largest absolute Gasteiger partial charge is 0.401 e. The lowest BCUT2D eigenvalue weighted by atomic mass is 9.91. The number of alkyl halides is 3. The number of carbonyl (C=O) groups is 1. The molecule has 0 aromatic carbocycles. The van der Waals surface area contributed by atoms with Crippen molar-refractivity contribution in [2.45, 2.75) is 37.5 Å². The van der Waals surface area contributed by atoms with Crippen molar-refractivity contribution in [2.24, 2.45) is 0 Å². The second-order valence-corrected chi connectivity index (χ2v) is 5.46. The third-order valence-electron chi connectivity index (χ3n) is 3.74. The van der Waals surface area contributed by atoms with Crippen LogP contribution >= 0.6 is 0 Å². The highest BCUT2D eigenvalue weighted by molar-refractivity contribution is 5.85. The average Bonchev–Trinajstić information content (AvgIpc) is 2.78. The maximum Gasteiger partial charge on any atom is 0.401 e. The molecule has 110 valence electrons. The van der Waals surface area contributed by atoms with Crippen LogP contribution in [0.15, 0.2) is 0 Å². The number of halogens is 3. The molecule has 2 rings (SSSR count). The number of carbonyl (C=O) groups excluding carboxylic acids is 1. The highest BCUT2D eigenvalue weighted by atomic mass is 19.4. The van der Waals surface area contributed by atoms with Crippen molar-refractivity contribution >= 4 is 5.91 Å². The second kappa shape index (κ2) is 5.28. The van der Waals surface area contributed by atoms with E-state index < -0.39 is 24.2 Å². The minimum absolute atomic E-state index is 0.220. The number of amides is 1. The summed E-state index contributed by atoms with van der Waals surface area (Å²) in [6.45, 7) is 0.181. The number of hydrogen-bond acceptors (Lipinski definition) is 3. The molecular formula is C12H19F3N2O2. The molecule has 4 nitrogen and oxygen atoms in total. The van der Waals surface area contributed by atoms with Crippen molar-refractivity contribution in [3.05, 3.63) is 0 Å². The van der Waals surface area contributed by atoms with Crippen LogP contribution in [0.25, 0.3) is 0 Å². The lowest BCUT2D eigenvalue weighted by Crippen LogP contribution is -2.58. The first-order valence-electron chi connectivity index (χ1n) is 6.61. The topological polar surface area (TPSA) is 43.8 Å². The van der Waals surface area contributed by atoms with Crippen LogP contribution in [0.4, 0.5) is 13.2 Å². The van der Waals surface area contributed by atoms with Crippen molar-refractivity contribution < 1.29 is 23.1 Å². The molecule has 7 heteroatoms. The number of hydrogen-bond donors (Lipinski definition) is 1. The summed E-state index contributed by atoms with van der Waals surface area (Å²) in [5, 5.41) is 10.4. The summed E-state index contributed by atoms with van der Waals surface area (Å²) in [7, 11) is 0. The Morgan fingerprint density at radius 3 is 2.37 bits per heavy atom. The van der Waals surface area contributed by atoms with Crippen LogP contribution in [-0.2, 0) is 4.79 Å². The van der Waals surface area contributed by atoms with Gasteiger partial charge in [0, 0.05) is 19.6 Å².